The molecule has 0 aromatic carbocycles. The zero-order valence-electron chi connectivity index (χ0n) is 10.5. The summed E-state index contributed by atoms with van der Waals surface area (Å²) in [5.74, 6) is 2.02. The minimum atomic E-state index is 0.447. The van der Waals surface area contributed by atoms with Crippen LogP contribution < -0.4 is 0 Å². The highest BCUT2D eigenvalue weighted by atomic mass is 16.2. The van der Waals surface area contributed by atoms with Gasteiger partial charge in [-0.2, -0.15) is 0 Å². The molecular weight excluding hydrogens is 212 g/mol. The standard InChI is InChI=1S/C14H22N2O/c17-14-5-1-3-13-10-7-11(9-16(13)14)12-4-2-6-15(12)8-10/h10-13H,1-9H2/t10-,11-,12-,13+/m1/s1. The quantitative estimate of drug-likeness (QED) is 0.634. The van der Waals surface area contributed by atoms with Crippen molar-refractivity contribution in [3.05, 3.63) is 0 Å². The maximum Gasteiger partial charge on any atom is 0.222 e. The first-order valence-corrected chi connectivity index (χ1v) is 7.36. The highest BCUT2D eigenvalue weighted by Crippen LogP contribution is 2.43. The van der Waals surface area contributed by atoms with Gasteiger partial charge in [0.15, 0.2) is 0 Å². The van der Waals surface area contributed by atoms with Crippen LogP contribution in [0.3, 0.4) is 0 Å². The first kappa shape index (κ1) is 10.4. The molecule has 4 rings (SSSR count). The molecule has 2 bridgehead atoms. The smallest absolute Gasteiger partial charge is 0.222 e. The summed E-state index contributed by atoms with van der Waals surface area (Å²) in [4.78, 5) is 17.1. The molecule has 1 amide bonds. The summed E-state index contributed by atoms with van der Waals surface area (Å²) in [6.45, 7) is 3.66. The van der Waals surface area contributed by atoms with Crippen LogP contribution in [0, 0.1) is 11.8 Å². The van der Waals surface area contributed by atoms with Crippen LogP contribution in [0.2, 0.25) is 0 Å². The van der Waals surface area contributed by atoms with Gasteiger partial charge >= 0.3 is 0 Å². The van der Waals surface area contributed by atoms with Crippen LogP contribution in [-0.4, -0.2) is 47.4 Å². The van der Waals surface area contributed by atoms with Crippen molar-refractivity contribution in [1.29, 1.82) is 0 Å². The van der Waals surface area contributed by atoms with Gasteiger partial charge in [0.2, 0.25) is 5.91 Å². The summed E-state index contributed by atoms with van der Waals surface area (Å²) in [5, 5.41) is 0. The molecule has 3 heteroatoms. The summed E-state index contributed by atoms with van der Waals surface area (Å²) in [6.07, 6.45) is 7.36. The van der Waals surface area contributed by atoms with Crippen LogP contribution in [0.1, 0.15) is 38.5 Å². The first-order valence-electron chi connectivity index (χ1n) is 7.36. The lowest BCUT2D eigenvalue weighted by Gasteiger charge is -2.54. The van der Waals surface area contributed by atoms with Gasteiger partial charge in [-0.25, -0.2) is 0 Å². The van der Waals surface area contributed by atoms with E-state index in [-0.39, 0.29) is 0 Å². The number of fused-ring (bicyclic) bond motifs is 6. The van der Waals surface area contributed by atoms with Crippen molar-refractivity contribution in [1.82, 2.24) is 9.80 Å². The zero-order chi connectivity index (χ0) is 11.4. The van der Waals surface area contributed by atoms with Crippen molar-refractivity contribution in [3.8, 4) is 0 Å². The summed E-state index contributed by atoms with van der Waals surface area (Å²) in [7, 11) is 0. The fourth-order valence-corrected chi connectivity index (χ4v) is 4.94. The summed E-state index contributed by atoms with van der Waals surface area (Å²) in [5.41, 5.74) is 0. The van der Waals surface area contributed by atoms with E-state index in [4.69, 9.17) is 0 Å². The summed E-state index contributed by atoms with van der Waals surface area (Å²) < 4.78 is 0. The van der Waals surface area contributed by atoms with E-state index in [2.05, 4.69) is 9.80 Å². The van der Waals surface area contributed by atoms with Crippen molar-refractivity contribution in [2.75, 3.05) is 19.6 Å². The van der Waals surface area contributed by atoms with Gasteiger partial charge in [0.25, 0.3) is 0 Å². The SMILES string of the molecule is O=C1CCC[C@H]2[C@@H]3C[C@H](CN12)[C@H]1CCCN1C3. The van der Waals surface area contributed by atoms with Crippen LogP contribution in [0.25, 0.3) is 0 Å². The molecule has 0 aromatic heterocycles. The lowest BCUT2D eigenvalue weighted by molar-refractivity contribution is -0.146. The average Bonchev–Trinajstić information content (AvgIpc) is 2.79. The highest BCUT2D eigenvalue weighted by molar-refractivity contribution is 5.77. The molecule has 4 heterocycles. The minimum Gasteiger partial charge on any atom is -0.339 e. The van der Waals surface area contributed by atoms with Gasteiger partial charge in [0.1, 0.15) is 0 Å². The molecule has 4 aliphatic rings. The molecule has 4 aliphatic heterocycles. The average molecular weight is 234 g/mol. The maximum absolute atomic E-state index is 12.1. The van der Waals surface area contributed by atoms with Crippen molar-refractivity contribution in [3.63, 3.8) is 0 Å². The van der Waals surface area contributed by atoms with E-state index < -0.39 is 0 Å². The Hall–Kier alpha value is -0.570. The molecule has 0 unspecified atom stereocenters. The number of hydrogen-bond acceptors (Lipinski definition) is 2. The molecule has 4 fully saturated rings. The Balaban J connectivity index is 1.62. The largest absolute Gasteiger partial charge is 0.339 e. The normalized spacial score (nSPS) is 45.6. The van der Waals surface area contributed by atoms with Crippen LogP contribution in [-0.2, 0) is 4.79 Å². The molecule has 4 saturated heterocycles. The van der Waals surface area contributed by atoms with Crippen LogP contribution in [0.5, 0.6) is 0 Å². The maximum atomic E-state index is 12.1. The summed E-state index contributed by atoms with van der Waals surface area (Å²) >= 11 is 0. The third-order valence-electron chi connectivity index (χ3n) is 5.62. The Labute approximate surface area is 103 Å². The molecule has 0 spiro atoms. The van der Waals surface area contributed by atoms with Crippen molar-refractivity contribution < 1.29 is 4.79 Å². The second kappa shape index (κ2) is 3.71. The Kier molecular flexibility index (Phi) is 2.26. The van der Waals surface area contributed by atoms with Gasteiger partial charge in [-0.3, -0.25) is 9.69 Å². The minimum absolute atomic E-state index is 0.447. The molecule has 17 heavy (non-hydrogen) atoms. The number of rotatable bonds is 0. The predicted molar refractivity (Wildman–Crippen MR) is 65.5 cm³/mol. The van der Waals surface area contributed by atoms with Crippen LogP contribution in [0.4, 0.5) is 0 Å². The lowest BCUT2D eigenvalue weighted by Crippen LogP contribution is -2.62. The lowest BCUT2D eigenvalue weighted by atomic mass is 9.73. The topological polar surface area (TPSA) is 23.6 Å². The Morgan fingerprint density at radius 2 is 1.82 bits per heavy atom. The van der Waals surface area contributed by atoms with E-state index in [0.717, 1.165) is 37.3 Å². The molecule has 4 atom stereocenters. The zero-order valence-corrected chi connectivity index (χ0v) is 10.5. The van der Waals surface area contributed by atoms with Gasteiger partial charge in [0.05, 0.1) is 0 Å². The summed E-state index contributed by atoms with van der Waals surface area (Å²) in [6, 6.07) is 1.40. The van der Waals surface area contributed by atoms with Gasteiger partial charge in [-0.05, 0) is 50.5 Å². The number of carbonyl (C=O) groups excluding carboxylic acids is 1. The molecule has 3 nitrogen and oxygen atoms in total. The first-order chi connectivity index (χ1) is 8.33. The third kappa shape index (κ3) is 1.48. The number of amides is 1. The van der Waals surface area contributed by atoms with Gasteiger partial charge in [0, 0.05) is 31.6 Å². The van der Waals surface area contributed by atoms with Gasteiger partial charge in [-0.15, -0.1) is 0 Å². The van der Waals surface area contributed by atoms with Crippen molar-refractivity contribution in [2.45, 2.75) is 50.6 Å². The van der Waals surface area contributed by atoms with E-state index in [1.165, 1.54) is 38.8 Å². The number of hydrogen-bond donors (Lipinski definition) is 0. The molecule has 0 saturated carbocycles. The Bertz CT molecular complexity index is 343. The number of piperidine rings is 3. The Morgan fingerprint density at radius 3 is 2.76 bits per heavy atom. The number of nitrogens with zero attached hydrogens (tertiary/aromatic N) is 2. The molecule has 0 aromatic rings. The fraction of sp³-hybridized carbons (Fsp3) is 0.929. The molecular formula is C14H22N2O. The van der Waals surface area contributed by atoms with Gasteiger partial charge < -0.3 is 4.90 Å². The molecule has 0 radical (unpaired) electrons. The van der Waals surface area contributed by atoms with E-state index >= 15 is 0 Å². The highest BCUT2D eigenvalue weighted by Gasteiger charge is 2.48. The Morgan fingerprint density at radius 1 is 1.00 bits per heavy atom. The second-order valence-electron chi connectivity index (χ2n) is 6.47. The molecule has 94 valence electrons. The van der Waals surface area contributed by atoms with Crippen molar-refractivity contribution >= 4 is 5.91 Å². The predicted octanol–water partition coefficient (Wildman–Crippen LogP) is 1.48. The molecule has 0 aliphatic carbocycles. The van der Waals surface area contributed by atoms with E-state index in [9.17, 15) is 4.79 Å². The van der Waals surface area contributed by atoms with E-state index in [1.807, 2.05) is 0 Å². The third-order valence-corrected chi connectivity index (χ3v) is 5.62. The van der Waals surface area contributed by atoms with E-state index in [0.29, 0.717) is 11.9 Å². The fourth-order valence-electron chi connectivity index (χ4n) is 4.94. The van der Waals surface area contributed by atoms with E-state index in [1.54, 1.807) is 0 Å². The van der Waals surface area contributed by atoms with Crippen LogP contribution in [0.15, 0.2) is 0 Å². The molecule has 0 N–H and O–H groups in total. The second-order valence-corrected chi connectivity index (χ2v) is 6.47. The number of carbonyl (C=O) groups is 1. The monoisotopic (exact) mass is 234 g/mol. The van der Waals surface area contributed by atoms with Crippen LogP contribution >= 0.6 is 0 Å². The van der Waals surface area contributed by atoms with Gasteiger partial charge in [-0.1, -0.05) is 0 Å². The van der Waals surface area contributed by atoms with Crippen molar-refractivity contribution in [2.24, 2.45) is 11.8 Å².